The van der Waals surface area contributed by atoms with Gasteiger partial charge < -0.3 is 10.6 Å². The van der Waals surface area contributed by atoms with Gasteiger partial charge in [0.25, 0.3) is 0 Å². The Labute approximate surface area is 161 Å². The first-order valence-corrected chi connectivity index (χ1v) is 9.58. The van der Waals surface area contributed by atoms with Gasteiger partial charge in [-0.2, -0.15) is 10.2 Å². The summed E-state index contributed by atoms with van der Waals surface area (Å²) in [6, 6.07) is 2.00. The number of anilines is 1. The highest BCUT2D eigenvalue weighted by Crippen LogP contribution is 2.31. The van der Waals surface area contributed by atoms with Crippen LogP contribution in [-0.2, 0) is 22.8 Å². The average molecular weight is 373 g/mol. The number of hydrogen-bond acceptors (Lipinski definition) is 4. The Balaban J connectivity index is 1.86. The summed E-state index contributed by atoms with van der Waals surface area (Å²) in [5, 5.41) is 15.5. The lowest BCUT2D eigenvalue weighted by Gasteiger charge is -2.24. The molecule has 2 aromatic heterocycles. The Hall–Kier alpha value is -2.15. The zero-order valence-corrected chi connectivity index (χ0v) is 17.5. The molecule has 2 N–H and O–H groups in total. The van der Waals surface area contributed by atoms with Crippen molar-refractivity contribution in [3.8, 4) is 0 Å². The lowest BCUT2D eigenvalue weighted by Crippen LogP contribution is -2.31. The summed E-state index contributed by atoms with van der Waals surface area (Å²) in [7, 11) is 1.90. The highest BCUT2D eigenvalue weighted by Gasteiger charge is 2.36. The summed E-state index contributed by atoms with van der Waals surface area (Å²) in [5.41, 5.74) is 1.77. The smallest absolute Gasteiger partial charge is 0.230 e. The van der Waals surface area contributed by atoms with E-state index < -0.39 is 0 Å². The number of nitrogens with zero attached hydrogens (tertiary/aromatic N) is 4. The van der Waals surface area contributed by atoms with Crippen molar-refractivity contribution in [3.05, 3.63) is 29.7 Å². The molecule has 7 heteroatoms. The van der Waals surface area contributed by atoms with Crippen molar-refractivity contribution in [2.75, 3.05) is 18.4 Å². The molecule has 1 aliphatic heterocycles. The van der Waals surface area contributed by atoms with E-state index in [0.717, 1.165) is 23.6 Å². The third kappa shape index (κ3) is 4.08. The number of carbonyl (C=O) groups excluding carboxylic acids is 1. The maximum Gasteiger partial charge on any atom is 0.230 e. The molecule has 0 unspecified atom stereocenters. The van der Waals surface area contributed by atoms with E-state index >= 15 is 0 Å². The summed E-state index contributed by atoms with van der Waals surface area (Å²) < 4.78 is 3.71. The van der Waals surface area contributed by atoms with Gasteiger partial charge in [0, 0.05) is 43.7 Å². The normalized spacial score (nSPS) is 20.9. The Morgan fingerprint density at radius 1 is 1.22 bits per heavy atom. The van der Waals surface area contributed by atoms with Crippen molar-refractivity contribution in [1.29, 1.82) is 0 Å². The SMILES string of the molecule is Cn1cc([C@H]2CNC[C@@H]2C(=O)Nc2cc(C(C)(C)C)nn2C(C)(C)C)cn1. The summed E-state index contributed by atoms with van der Waals surface area (Å²) in [6.07, 6.45) is 3.85. The maximum absolute atomic E-state index is 13.1. The molecule has 1 saturated heterocycles. The highest BCUT2D eigenvalue weighted by molar-refractivity contribution is 5.93. The quantitative estimate of drug-likeness (QED) is 0.868. The predicted molar refractivity (Wildman–Crippen MR) is 107 cm³/mol. The van der Waals surface area contributed by atoms with Crippen LogP contribution in [0, 0.1) is 5.92 Å². The zero-order valence-electron chi connectivity index (χ0n) is 17.5. The van der Waals surface area contributed by atoms with Crippen molar-refractivity contribution >= 4 is 11.7 Å². The molecule has 148 valence electrons. The van der Waals surface area contributed by atoms with Crippen LogP contribution in [-0.4, -0.2) is 38.6 Å². The van der Waals surface area contributed by atoms with Crippen LogP contribution in [0.25, 0.3) is 0 Å². The number of aryl methyl sites for hydroxylation is 1. The van der Waals surface area contributed by atoms with Crippen LogP contribution in [0.15, 0.2) is 18.5 Å². The van der Waals surface area contributed by atoms with Crippen molar-refractivity contribution in [3.63, 3.8) is 0 Å². The van der Waals surface area contributed by atoms with Gasteiger partial charge in [0.05, 0.1) is 23.3 Å². The van der Waals surface area contributed by atoms with Gasteiger partial charge in [-0.1, -0.05) is 20.8 Å². The van der Waals surface area contributed by atoms with Gasteiger partial charge in [0.1, 0.15) is 5.82 Å². The first-order chi connectivity index (χ1) is 12.5. The highest BCUT2D eigenvalue weighted by atomic mass is 16.2. The van der Waals surface area contributed by atoms with E-state index in [2.05, 4.69) is 57.3 Å². The Bertz CT molecular complexity index is 820. The molecule has 1 fully saturated rings. The van der Waals surface area contributed by atoms with E-state index in [1.807, 2.05) is 30.2 Å². The van der Waals surface area contributed by atoms with E-state index in [0.29, 0.717) is 6.54 Å². The average Bonchev–Trinajstić information content (AvgIpc) is 3.22. The molecule has 3 heterocycles. The molecule has 27 heavy (non-hydrogen) atoms. The molecule has 0 spiro atoms. The second-order valence-electron chi connectivity index (χ2n) is 9.56. The third-order valence-corrected chi connectivity index (χ3v) is 5.07. The monoisotopic (exact) mass is 372 g/mol. The molecule has 0 aromatic carbocycles. The Morgan fingerprint density at radius 2 is 1.93 bits per heavy atom. The first kappa shape index (κ1) is 19.6. The number of amides is 1. The molecular weight excluding hydrogens is 340 g/mol. The number of rotatable bonds is 3. The number of aromatic nitrogens is 4. The van der Waals surface area contributed by atoms with Gasteiger partial charge in [0.15, 0.2) is 0 Å². The Morgan fingerprint density at radius 3 is 2.48 bits per heavy atom. The van der Waals surface area contributed by atoms with E-state index in [4.69, 9.17) is 5.10 Å². The van der Waals surface area contributed by atoms with Gasteiger partial charge in [-0.3, -0.25) is 9.48 Å². The summed E-state index contributed by atoms with van der Waals surface area (Å²) in [5.74, 6) is 0.788. The third-order valence-electron chi connectivity index (χ3n) is 5.07. The topological polar surface area (TPSA) is 76.8 Å². The molecule has 0 bridgehead atoms. The van der Waals surface area contributed by atoms with Gasteiger partial charge in [0.2, 0.25) is 5.91 Å². The van der Waals surface area contributed by atoms with Crippen LogP contribution in [0.4, 0.5) is 5.82 Å². The minimum Gasteiger partial charge on any atom is -0.315 e. The fourth-order valence-corrected chi connectivity index (χ4v) is 3.50. The molecule has 0 radical (unpaired) electrons. The summed E-state index contributed by atoms with van der Waals surface area (Å²) in [6.45, 7) is 14.1. The van der Waals surface area contributed by atoms with Crippen molar-refractivity contribution < 1.29 is 4.79 Å². The standard InChI is InChI=1S/C20H32N6O/c1-19(2,3)16-8-17(26(24-16)20(4,5)6)23-18(27)15-11-21-10-14(15)13-9-22-25(7)12-13/h8-9,12,14-15,21H,10-11H2,1-7H3,(H,23,27)/t14-,15+/m1/s1. The maximum atomic E-state index is 13.1. The van der Waals surface area contributed by atoms with Crippen molar-refractivity contribution in [1.82, 2.24) is 24.9 Å². The van der Waals surface area contributed by atoms with Crippen LogP contribution in [0.5, 0.6) is 0 Å². The molecule has 1 amide bonds. The second-order valence-corrected chi connectivity index (χ2v) is 9.56. The fourth-order valence-electron chi connectivity index (χ4n) is 3.50. The molecule has 3 rings (SSSR count). The van der Waals surface area contributed by atoms with Gasteiger partial charge in [-0.15, -0.1) is 0 Å². The fraction of sp³-hybridized carbons (Fsp3) is 0.650. The lowest BCUT2D eigenvalue weighted by atomic mass is 9.90. The van der Waals surface area contributed by atoms with Crippen LogP contribution >= 0.6 is 0 Å². The van der Waals surface area contributed by atoms with E-state index in [1.165, 1.54) is 0 Å². The molecule has 2 atom stereocenters. The number of hydrogen-bond donors (Lipinski definition) is 2. The summed E-state index contributed by atoms with van der Waals surface area (Å²) >= 11 is 0. The van der Waals surface area contributed by atoms with Crippen LogP contribution in [0.3, 0.4) is 0 Å². The van der Waals surface area contributed by atoms with Crippen molar-refractivity contribution in [2.45, 2.75) is 58.4 Å². The van der Waals surface area contributed by atoms with Crippen LogP contribution in [0.1, 0.15) is 58.7 Å². The largest absolute Gasteiger partial charge is 0.315 e. The van der Waals surface area contributed by atoms with E-state index in [9.17, 15) is 4.79 Å². The predicted octanol–water partition coefficient (Wildman–Crippen LogP) is 2.61. The first-order valence-electron chi connectivity index (χ1n) is 9.58. The molecular formula is C20H32N6O. The minimum atomic E-state index is -0.219. The molecule has 2 aromatic rings. The molecule has 1 aliphatic rings. The van der Waals surface area contributed by atoms with Gasteiger partial charge in [-0.25, -0.2) is 4.68 Å². The number of nitrogens with one attached hydrogen (secondary N) is 2. The molecule has 7 nitrogen and oxygen atoms in total. The summed E-state index contributed by atoms with van der Waals surface area (Å²) in [4.78, 5) is 13.1. The van der Waals surface area contributed by atoms with Crippen LogP contribution < -0.4 is 10.6 Å². The molecule has 0 aliphatic carbocycles. The van der Waals surface area contributed by atoms with Gasteiger partial charge in [-0.05, 0) is 26.3 Å². The number of carbonyl (C=O) groups is 1. The van der Waals surface area contributed by atoms with Crippen LogP contribution in [0.2, 0.25) is 0 Å². The van der Waals surface area contributed by atoms with Gasteiger partial charge >= 0.3 is 0 Å². The molecule has 0 saturated carbocycles. The van der Waals surface area contributed by atoms with E-state index in [-0.39, 0.29) is 28.7 Å². The van der Waals surface area contributed by atoms with E-state index in [1.54, 1.807) is 4.68 Å². The lowest BCUT2D eigenvalue weighted by molar-refractivity contribution is -0.119. The Kier molecular flexibility index (Phi) is 4.93. The second kappa shape index (κ2) is 6.78. The minimum absolute atomic E-state index is 0.0275. The zero-order chi connectivity index (χ0) is 20.0. The van der Waals surface area contributed by atoms with Crippen molar-refractivity contribution in [2.24, 2.45) is 13.0 Å².